The Morgan fingerprint density at radius 1 is 1.32 bits per heavy atom. The van der Waals surface area contributed by atoms with Gasteiger partial charge in [-0.15, -0.1) is 0 Å². The Balaban J connectivity index is 2.07. The third kappa shape index (κ3) is 3.09. The third-order valence-corrected chi connectivity index (χ3v) is 2.85. The van der Waals surface area contributed by atoms with Crippen LogP contribution in [-0.2, 0) is 0 Å². The minimum Gasteiger partial charge on any atom is -0.357 e. The zero-order chi connectivity index (χ0) is 13.7. The molecule has 0 aromatic carbocycles. The number of rotatable bonds is 5. The molecule has 100 valence electrons. The van der Waals surface area contributed by atoms with E-state index in [2.05, 4.69) is 39.2 Å². The van der Waals surface area contributed by atoms with Gasteiger partial charge in [0.05, 0.1) is 11.8 Å². The molecule has 0 aliphatic rings. The van der Waals surface area contributed by atoms with E-state index in [1.54, 1.807) is 24.5 Å². The molecule has 2 aromatic heterocycles. The maximum absolute atomic E-state index is 11.9. The molecule has 0 aliphatic heterocycles. The molecule has 1 amide bonds. The van der Waals surface area contributed by atoms with Gasteiger partial charge in [0.15, 0.2) is 0 Å². The SMILES string of the molecule is CCN(CC)c1ccc(C(=O)Nc2ccn[nH]2)cn1. The van der Waals surface area contributed by atoms with Crippen LogP contribution >= 0.6 is 0 Å². The van der Waals surface area contributed by atoms with Crippen molar-refractivity contribution in [1.82, 2.24) is 15.2 Å². The smallest absolute Gasteiger partial charge is 0.258 e. The number of carbonyl (C=O) groups excluding carboxylic acids is 1. The van der Waals surface area contributed by atoms with Crippen LogP contribution in [0.4, 0.5) is 11.6 Å². The van der Waals surface area contributed by atoms with E-state index in [1.165, 1.54) is 0 Å². The Kier molecular flexibility index (Phi) is 4.12. The van der Waals surface area contributed by atoms with Crippen LogP contribution in [-0.4, -0.2) is 34.2 Å². The molecule has 6 nitrogen and oxygen atoms in total. The number of hydrogen-bond acceptors (Lipinski definition) is 4. The Hall–Kier alpha value is -2.37. The standard InChI is InChI=1S/C13H17N5O/c1-3-18(4-2)12-6-5-10(9-14-12)13(19)16-11-7-8-15-17-11/h5-9H,3-4H2,1-2H3,(H2,15,16,17,19). The van der Waals surface area contributed by atoms with E-state index in [1.807, 2.05) is 6.07 Å². The number of hydrogen-bond donors (Lipinski definition) is 2. The molecule has 0 unspecified atom stereocenters. The number of aromatic amines is 1. The predicted octanol–water partition coefficient (Wildman–Crippen LogP) is 1.90. The van der Waals surface area contributed by atoms with E-state index in [0.717, 1.165) is 18.9 Å². The Bertz CT molecular complexity index is 516. The summed E-state index contributed by atoms with van der Waals surface area (Å²) in [5, 5.41) is 9.15. The fourth-order valence-electron chi connectivity index (χ4n) is 1.78. The van der Waals surface area contributed by atoms with Crippen molar-refractivity contribution in [3.63, 3.8) is 0 Å². The highest BCUT2D eigenvalue weighted by Crippen LogP contribution is 2.12. The summed E-state index contributed by atoms with van der Waals surface area (Å²) in [5.74, 6) is 1.24. The number of nitrogens with zero attached hydrogens (tertiary/aromatic N) is 3. The summed E-state index contributed by atoms with van der Waals surface area (Å²) >= 11 is 0. The minimum absolute atomic E-state index is 0.206. The molecule has 0 aliphatic carbocycles. The summed E-state index contributed by atoms with van der Waals surface area (Å²) in [6, 6.07) is 5.32. The van der Waals surface area contributed by atoms with Crippen LogP contribution < -0.4 is 10.2 Å². The van der Waals surface area contributed by atoms with Gasteiger partial charge in [-0.05, 0) is 26.0 Å². The average molecular weight is 259 g/mol. The summed E-state index contributed by atoms with van der Waals surface area (Å²) in [7, 11) is 0. The summed E-state index contributed by atoms with van der Waals surface area (Å²) in [6.07, 6.45) is 3.16. The fourth-order valence-corrected chi connectivity index (χ4v) is 1.78. The maximum atomic E-state index is 11.9. The van der Waals surface area contributed by atoms with E-state index in [9.17, 15) is 4.79 Å². The molecular weight excluding hydrogens is 242 g/mol. The highest BCUT2D eigenvalue weighted by Gasteiger charge is 2.09. The van der Waals surface area contributed by atoms with Gasteiger partial charge in [0, 0.05) is 25.4 Å². The number of pyridine rings is 1. The van der Waals surface area contributed by atoms with E-state index in [-0.39, 0.29) is 5.91 Å². The lowest BCUT2D eigenvalue weighted by Crippen LogP contribution is -2.23. The van der Waals surface area contributed by atoms with Crippen molar-refractivity contribution in [2.24, 2.45) is 0 Å². The number of aromatic nitrogens is 3. The van der Waals surface area contributed by atoms with Gasteiger partial charge in [-0.3, -0.25) is 9.89 Å². The lowest BCUT2D eigenvalue weighted by molar-refractivity contribution is 0.102. The molecule has 0 fully saturated rings. The van der Waals surface area contributed by atoms with Crippen LogP contribution in [0.2, 0.25) is 0 Å². The third-order valence-electron chi connectivity index (χ3n) is 2.85. The molecule has 2 rings (SSSR count). The number of anilines is 2. The van der Waals surface area contributed by atoms with Crippen LogP contribution in [0, 0.1) is 0 Å². The monoisotopic (exact) mass is 259 g/mol. The Morgan fingerprint density at radius 2 is 2.11 bits per heavy atom. The first-order valence-electron chi connectivity index (χ1n) is 6.26. The highest BCUT2D eigenvalue weighted by molar-refractivity contribution is 6.03. The summed E-state index contributed by atoms with van der Waals surface area (Å²) < 4.78 is 0. The van der Waals surface area contributed by atoms with Gasteiger partial charge < -0.3 is 10.2 Å². The van der Waals surface area contributed by atoms with Crippen LogP contribution in [0.1, 0.15) is 24.2 Å². The molecule has 0 saturated heterocycles. The molecule has 19 heavy (non-hydrogen) atoms. The van der Waals surface area contributed by atoms with Gasteiger partial charge in [0.2, 0.25) is 0 Å². The van der Waals surface area contributed by atoms with Crippen molar-refractivity contribution in [3.05, 3.63) is 36.2 Å². The van der Waals surface area contributed by atoms with E-state index in [0.29, 0.717) is 11.4 Å². The lowest BCUT2D eigenvalue weighted by atomic mass is 10.2. The van der Waals surface area contributed by atoms with Crippen molar-refractivity contribution in [2.75, 3.05) is 23.3 Å². The maximum Gasteiger partial charge on any atom is 0.258 e. The van der Waals surface area contributed by atoms with Crippen LogP contribution in [0.3, 0.4) is 0 Å². The molecule has 2 N–H and O–H groups in total. The van der Waals surface area contributed by atoms with Crippen LogP contribution in [0.25, 0.3) is 0 Å². The molecule has 2 heterocycles. The van der Waals surface area contributed by atoms with Crippen molar-refractivity contribution in [3.8, 4) is 0 Å². The number of amides is 1. The summed E-state index contributed by atoms with van der Waals surface area (Å²) in [6.45, 7) is 5.93. The quantitative estimate of drug-likeness (QED) is 0.860. The van der Waals surface area contributed by atoms with Crippen LogP contribution in [0.5, 0.6) is 0 Å². The van der Waals surface area contributed by atoms with Gasteiger partial charge >= 0.3 is 0 Å². The van der Waals surface area contributed by atoms with E-state index >= 15 is 0 Å². The molecule has 6 heteroatoms. The minimum atomic E-state index is -0.206. The second-order valence-electron chi connectivity index (χ2n) is 4.00. The second-order valence-corrected chi connectivity index (χ2v) is 4.00. The normalized spacial score (nSPS) is 10.2. The number of H-pyrrole nitrogens is 1. The first-order chi connectivity index (χ1) is 9.24. The fraction of sp³-hybridized carbons (Fsp3) is 0.308. The highest BCUT2D eigenvalue weighted by atomic mass is 16.1. The van der Waals surface area contributed by atoms with E-state index < -0.39 is 0 Å². The second kappa shape index (κ2) is 5.99. The van der Waals surface area contributed by atoms with Crippen molar-refractivity contribution in [1.29, 1.82) is 0 Å². The molecule has 0 bridgehead atoms. The largest absolute Gasteiger partial charge is 0.357 e. The molecule has 0 radical (unpaired) electrons. The average Bonchev–Trinajstić information content (AvgIpc) is 2.94. The first kappa shape index (κ1) is 13.1. The lowest BCUT2D eigenvalue weighted by Gasteiger charge is -2.19. The summed E-state index contributed by atoms with van der Waals surface area (Å²) in [4.78, 5) is 18.4. The number of carbonyl (C=O) groups is 1. The van der Waals surface area contributed by atoms with Crippen LogP contribution in [0.15, 0.2) is 30.6 Å². The Morgan fingerprint density at radius 3 is 2.63 bits per heavy atom. The van der Waals surface area contributed by atoms with Crippen molar-refractivity contribution in [2.45, 2.75) is 13.8 Å². The summed E-state index contributed by atoms with van der Waals surface area (Å²) in [5.41, 5.74) is 0.519. The van der Waals surface area contributed by atoms with E-state index in [4.69, 9.17) is 0 Å². The van der Waals surface area contributed by atoms with Crippen molar-refractivity contribution >= 4 is 17.5 Å². The van der Waals surface area contributed by atoms with Crippen molar-refractivity contribution < 1.29 is 4.79 Å². The van der Waals surface area contributed by atoms with Gasteiger partial charge in [0.25, 0.3) is 5.91 Å². The molecular formula is C13H17N5O. The first-order valence-corrected chi connectivity index (χ1v) is 6.26. The predicted molar refractivity (Wildman–Crippen MR) is 74.3 cm³/mol. The zero-order valence-corrected chi connectivity index (χ0v) is 11.1. The van der Waals surface area contributed by atoms with Gasteiger partial charge in [0.1, 0.15) is 11.6 Å². The van der Waals surface area contributed by atoms with Gasteiger partial charge in [-0.1, -0.05) is 0 Å². The van der Waals surface area contributed by atoms with Gasteiger partial charge in [-0.25, -0.2) is 4.98 Å². The molecule has 0 spiro atoms. The molecule has 0 atom stereocenters. The molecule has 0 saturated carbocycles. The molecule has 2 aromatic rings. The zero-order valence-electron chi connectivity index (χ0n) is 11.1. The van der Waals surface area contributed by atoms with Gasteiger partial charge in [-0.2, -0.15) is 5.10 Å². The Labute approximate surface area is 111 Å². The number of nitrogens with one attached hydrogen (secondary N) is 2. The topological polar surface area (TPSA) is 73.9 Å².